The topological polar surface area (TPSA) is 82.3 Å². The first-order valence-corrected chi connectivity index (χ1v) is 8.11. The Morgan fingerprint density at radius 2 is 1.72 bits per heavy atom. The van der Waals surface area contributed by atoms with E-state index in [2.05, 4.69) is 5.32 Å². The average Bonchev–Trinajstić information content (AvgIpc) is 2.54. The summed E-state index contributed by atoms with van der Waals surface area (Å²) in [6, 6.07) is 9.94. The average molecular weight is 342 g/mol. The van der Waals surface area contributed by atoms with Crippen molar-refractivity contribution in [2.75, 3.05) is 0 Å². The van der Waals surface area contributed by atoms with Gasteiger partial charge < -0.3 is 15.3 Å². The van der Waals surface area contributed by atoms with Crippen LogP contribution in [0.3, 0.4) is 0 Å². The molecule has 132 valence electrons. The van der Waals surface area contributed by atoms with Crippen LogP contribution in [0.15, 0.2) is 48.8 Å². The molecule has 0 spiro atoms. The number of aromatic nitrogens is 1. The zero-order chi connectivity index (χ0) is 18.4. The highest BCUT2D eigenvalue weighted by molar-refractivity contribution is 5.94. The fourth-order valence-electron chi connectivity index (χ4n) is 2.33. The summed E-state index contributed by atoms with van der Waals surface area (Å²) in [4.78, 5) is 24.5. The van der Waals surface area contributed by atoms with Gasteiger partial charge in [-0.3, -0.25) is 9.59 Å². The number of aryl methyl sites for hydroxylation is 1. The molecule has 0 radical (unpaired) electrons. The molecule has 0 aliphatic carbocycles. The summed E-state index contributed by atoms with van der Waals surface area (Å²) in [5, 5.41) is 13.9. The first-order valence-electron chi connectivity index (χ1n) is 8.11. The maximum absolute atomic E-state index is 12.4. The van der Waals surface area contributed by atoms with E-state index in [0.29, 0.717) is 10.3 Å². The largest absolute Gasteiger partial charge is 0.619 e. The van der Waals surface area contributed by atoms with Crippen LogP contribution in [0.4, 0.5) is 0 Å². The highest BCUT2D eigenvalue weighted by atomic mass is 16.5. The lowest BCUT2D eigenvalue weighted by molar-refractivity contribution is -0.605. The van der Waals surface area contributed by atoms with E-state index < -0.39 is 6.04 Å². The third-order valence-corrected chi connectivity index (χ3v) is 3.59. The Bertz CT molecular complexity index is 724. The molecule has 1 heterocycles. The van der Waals surface area contributed by atoms with E-state index in [1.54, 1.807) is 13.8 Å². The maximum Gasteiger partial charge on any atom is 0.308 e. The molecule has 0 bridgehead atoms. The van der Waals surface area contributed by atoms with Crippen LogP contribution < -0.4 is 10.0 Å². The summed E-state index contributed by atoms with van der Waals surface area (Å²) < 4.78 is 5.80. The van der Waals surface area contributed by atoms with Gasteiger partial charge in [0.1, 0.15) is 0 Å². The van der Waals surface area contributed by atoms with Crippen molar-refractivity contribution in [2.24, 2.45) is 0 Å². The molecule has 0 saturated carbocycles. The fraction of sp³-hybridized carbons (Fsp3) is 0.316. The number of benzene rings is 1. The molecule has 2 rings (SSSR count). The lowest BCUT2D eigenvalue weighted by atomic mass is 10.0. The zero-order valence-corrected chi connectivity index (χ0v) is 14.6. The minimum atomic E-state index is -0.515. The highest BCUT2D eigenvalue weighted by Gasteiger charge is 2.21. The second-order valence-corrected chi connectivity index (χ2v) is 6.13. The zero-order valence-electron chi connectivity index (χ0n) is 14.6. The molecule has 1 amide bonds. The summed E-state index contributed by atoms with van der Waals surface area (Å²) >= 11 is 0. The third-order valence-electron chi connectivity index (χ3n) is 3.59. The van der Waals surface area contributed by atoms with Gasteiger partial charge in [-0.15, -0.1) is 0 Å². The van der Waals surface area contributed by atoms with Gasteiger partial charge in [0.05, 0.1) is 24.1 Å². The van der Waals surface area contributed by atoms with Crippen LogP contribution in [0.2, 0.25) is 0 Å². The monoisotopic (exact) mass is 342 g/mol. The van der Waals surface area contributed by atoms with E-state index in [-0.39, 0.29) is 24.4 Å². The number of esters is 1. The minimum Gasteiger partial charge on any atom is -0.619 e. The van der Waals surface area contributed by atoms with Gasteiger partial charge in [0, 0.05) is 12.1 Å². The molecule has 25 heavy (non-hydrogen) atoms. The van der Waals surface area contributed by atoms with Crippen LogP contribution in [0.5, 0.6) is 0 Å². The van der Waals surface area contributed by atoms with Crippen molar-refractivity contribution < 1.29 is 19.1 Å². The Hall–Kier alpha value is -2.89. The summed E-state index contributed by atoms with van der Waals surface area (Å²) in [5.74, 6) is -0.741. The van der Waals surface area contributed by atoms with Crippen LogP contribution in [0.1, 0.15) is 47.8 Å². The molecule has 1 N–H and O–H groups in total. The van der Waals surface area contributed by atoms with E-state index in [1.165, 1.54) is 24.5 Å². The molecular formula is C19H22N2O4. The number of pyridine rings is 1. The van der Waals surface area contributed by atoms with Gasteiger partial charge in [-0.05, 0) is 26.3 Å². The lowest BCUT2D eigenvalue weighted by Crippen LogP contribution is -2.32. The Kier molecular flexibility index (Phi) is 6.11. The third kappa shape index (κ3) is 5.60. The first kappa shape index (κ1) is 18.4. The van der Waals surface area contributed by atoms with E-state index >= 15 is 0 Å². The van der Waals surface area contributed by atoms with Crippen LogP contribution in [0.25, 0.3) is 0 Å². The predicted octanol–water partition coefficient (Wildman–Crippen LogP) is 2.44. The minimum absolute atomic E-state index is 0.0291. The number of carbonyl (C=O) groups excluding carboxylic acids is 2. The van der Waals surface area contributed by atoms with E-state index in [9.17, 15) is 14.8 Å². The van der Waals surface area contributed by atoms with E-state index in [1.807, 2.05) is 31.2 Å². The number of rotatable bonds is 6. The van der Waals surface area contributed by atoms with Crippen molar-refractivity contribution in [3.8, 4) is 0 Å². The van der Waals surface area contributed by atoms with Crippen molar-refractivity contribution in [1.82, 2.24) is 5.32 Å². The summed E-state index contributed by atoms with van der Waals surface area (Å²) in [6.45, 7) is 5.52. The standard InChI is InChI=1S/C19H22N2O4/c1-13(2)25-18(22)12-17(15-6-4-14(3)5-7-15)20-19(23)16-8-10-21(24)11-9-16/h4-11,13,17H,12H2,1-3H3,(H,20,23)/t17-/m1/s1. The Labute approximate surface area is 147 Å². The van der Waals surface area contributed by atoms with Crippen molar-refractivity contribution in [3.63, 3.8) is 0 Å². The van der Waals surface area contributed by atoms with Crippen molar-refractivity contribution >= 4 is 11.9 Å². The predicted molar refractivity (Wildman–Crippen MR) is 92.6 cm³/mol. The van der Waals surface area contributed by atoms with Crippen molar-refractivity contribution in [3.05, 3.63) is 70.7 Å². The van der Waals surface area contributed by atoms with E-state index in [0.717, 1.165) is 11.1 Å². The molecule has 1 aromatic carbocycles. The normalized spacial score (nSPS) is 11.8. The lowest BCUT2D eigenvalue weighted by Gasteiger charge is -2.19. The molecule has 0 aliphatic heterocycles. The van der Waals surface area contributed by atoms with Crippen LogP contribution in [-0.2, 0) is 9.53 Å². The van der Waals surface area contributed by atoms with Gasteiger partial charge in [-0.25, -0.2) is 0 Å². The number of nitrogens with one attached hydrogen (secondary N) is 1. The maximum atomic E-state index is 12.4. The van der Waals surface area contributed by atoms with Crippen LogP contribution >= 0.6 is 0 Å². The Morgan fingerprint density at radius 3 is 2.28 bits per heavy atom. The van der Waals surface area contributed by atoms with Crippen molar-refractivity contribution in [2.45, 2.75) is 39.3 Å². The Morgan fingerprint density at radius 1 is 1.12 bits per heavy atom. The number of ether oxygens (including phenoxy) is 1. The quantitative estimate of drug-likeness (QED) is 0.496. The molecule has 1 aromatic heterocycles. The van der Waals surface area contributed by atoms with Gasteiger partial charge in [0.15, 0.2) is 12.4 Å². The molecule has 6 heteroatoms. The van der Waals surface area contributed by atoms with Crippen LogP contribution in [-0.4, -0.2) is 18.0 Å². The molecular weight excluding hydrogens is 320 g/mol. The molecule has 0 aliphatic rings. The fourth-order valence-corrected chi connectivity index (χ4v) is 2.33. The number of nitrogens with zero attached hydrogens (tertiary/aromatic N) is 1. The molecule has 0 saturated heterocycles. The second kappa shape index (κ2) is 8.28. The van der Waals surface area contributed by atoms with Gasteiger partial charge in [-0.1, -0.05) is 29.8 Å². The summed E-state index contributed by atoms with van der Waals surface area (Å²) in [5.41, 5.74) is 2.25. The molecule has 6 nitrogen and oxygen atoms in total. The number of amides is 1. The number of hydrogen-bond acceptors (Lipinski definition) is 4. The molecule has 0 fully saturated rings. The molecule has 2 aromatic rings. The second-order valence-electron chi connectivity index (χ2n) is 6.13. The number of hydrogen-bond donors (Lipinski definition) is 1. The van der Waals surface area contributed by atoms with Crippen molar-refractivity contribution in [1.29, 1.82) is 0 Å². The number of carbonyl (C=O) groups is 2. The van der Waals surface area contributed by atoms with Gasteiger partial charge in [-0.2, -0.15) is 4.73 Å². The molecule has 1 atom stereocenters. The van der Waals surface area contributed by atoms with Gasteiger partial charge in [0.2, 0.25) is 0 Å². The smallest absolute Gasteiger partial charge is 0.308 e. The first-order chi connectivity index (χ1) is 11.8. The SMILES string of the molecule is Cc1ccc([C@@H](CC(=O)OC(C)C)NC(=O)c2cc[n+]([O-])cc2)cc1. The van der Waals surface area contributed by atoms with E-state index in [4.69, 9.17) is 4.74 Å². The summed E-state index contributed by atoms with van der Waals surface area (Å²) in [7, 11) is 0. The van der Waals surface area contributed by atoms with Gasteiger partial charge >= 0.3 is 5.97 Å². The summed E-state index contributed by atoms with van der Waals surface area (Å²) in [6.07, 6.45) is 2.32. The van der Waals surface area contributed by atoms with Crippen LogP contribution in [0, 0.1) is 12.1 Å². The highest BCUT2D eigenvalue weighted by Crippen LogP contribution is 2.19. The van der Waals surface area contributed by atoms with Gasteiger partial charge in [0.25, 0.3) is 5.91 Å². The Balaban J connectivity index is 2.18. The molecule has 0 unspecified atom stereocenters.